The molecule has 0 unspecified atom stereocenters. The summed E-state index contributed by atoms with van der Waals surface area (Å²) in [6.45, 7) is 1.28. The summed E-state index contributed by atoms with van der Waals surface area (Å²) in [6.07, 6.45) is 0.264. The molecule has 0 saturated heterocycles. The van der Waals surface area contributed by atoms with Crippen LogP contribution in [0.25, 0.3) is 0 Å². The molecule has 1 aromatic rings. The van der Waals surface area contributed by atoms with Gasteiger partial charge in [0.15, 0.2) is 17.2 Å². The minimum absolute atomic E-state index is 0.0368. The van der Waals surface area contributed by atoms with Gasteiger partial charge in [-0.2, -0.15) is 0 Å². The number of Topliss-reactive ketones (excluding diaryl/α,β-unsaturated/α-hetero) is 2. The molecule has 0 atom stereocenters. The van der Waals surface area contributed by atoms with E-state index in [0.717, 1.165) is 12.1 Å². The van der Waals surface area contributed by atoms with Crippen LogP contribution in [0.3, 0.4) is 0 Å². The van der Waals surface area contributed by atoms with Crippen LogP contribution in [0, 0.1) is 0 Å². The molecule has 0 fully saturated rings. The molecule has 0 saturated carbocycles. The van der Waals surface area contributed by atoms with E-state index in [1.165, 1.54) is 6.92 Å². The summed E-state index contributed by atoms with van der Waals surface area (Å²) in [7, 11) is 0. The lowest BCUT2D eigenvalue weighted by molar-refractivity contribution is -0.126. The van der Waals surface area contributed by atoms with E-state index in [4.69, 9.17) is 9.84 Å². The highest BCUT2D eigenvalue weighted by Gasteiger charge is 2.14. The first-order valence-electron chi connectivity index (χ1n) is 6.24. The largest absolute Gasteiger partial charge is 0.504 e. The summed E-state index contributed by atoms with van der Waals surface area (Å²) in [5.74, 6) is -3.25. The predicted octanol–water partition coefficient (Wildman–Crippen LogP) is 1.29. The van der Waals surface area contributed by atoms with Crippen molar-refractivity contribution < 1.29 is 34.4 Å². The van der Waals surface area contributed by atoms with Gasteiger partial charge in [-0.25, -0.2) is 4.79 Å². The number of carbonyl (C=O) groups excluding carboxylic acids is 3. The molecule has 0 aliphatic rings. The fourth-order valence-corrected chi connectivity index (χ4v) is 1.61. The third-order valence-corrected chi connectivity index (χ3v) is 2.58. The smallest absolute Gasteiger partial charge is 0.338 e. The quantitative estimate of drug-likeness (QED) is 0.300. The van der Waals surface area contributed by atoms with Crippen LogP contribution >= 0.6 is 0 Å². The summed E-state index contributed by atoms with van der Waals surface area (Å²) in [5.41, 5.74) is -0.127. The monoisotopic (exact) mass is 296 g/mol. The van der Waals surface area contributed by atoms with E-state index < -0.39 is 23.2 Å². The van der Waals surface area contributed by atoms with Gasteiger partial charge >= 0.3 is 5.97 Å². The fourth-order valence-electron chi connectivity index (χ4n) is 1.61. The maximum absolute atomic E-state index is 11.6. The van der Waals surface area contributed by atoms with Crippen molar-refractivity contribution in [1.29, 1.82) is 0 Å². The SMILES string of the molecule is CC(=O)CC(=O)CCCOC(=O)c1cc(O)c(O)c(O)c1. The molecule has 0 aliphatic heterocycles. The highest BCUT2D eigenvalue weighted by atomic mass is 16.5. The fraction of sp³-hybridized carbons (Fsp3) is 0.357. The summed E-state index contributed by atoms with van der Waals surface area (Å²) in [6, 6.07) is 1.91. The van der Waals surface area contributed by atoms with Crippen LogP contribution in [0.2, 0.25) is 0 Å². The number of ketones is 2. The van der Waals surface area contributed by atoms with Crippen LogP contribution in [0.15, 0.2) is 12.1 Å². The van der Waals surface area contributed by atoms with Gasteiger partial charge in [-0.15, -0.1) is 0 Å². The third kappa shape index (κ3) is 5.13. The second-order valence-electron chi connectivity index (χ2n) is 4.52. The molecule has 0 heterocycles. The van der Waals surface area contributed by atoms with E-state index in [1.54, 1.807) is 0 Å². The van der Waals surface area contributed by atoms with Gasteiger partial charge in [-0.05, 0) is 25.5 Å². The lowest BCUT2D eigenvalue weighted by atomic mass is 10.1. The van der Waals surface area contributed by atoms with Crippen LogP contribution in [0.1, 0.15) is 36.5 Å². The third-order valence-electron chi connectivity index (χ3n) is 2.58. The van der Waals surface area contributed by atoms with E-state index in [9.17, 15) is 24.6 Å². The normalized spacial score (nSPS) is 10.1. The van der Waals surface area contributed by atoms with Crippen LogP contribution in [-0.4, -0.2) is 39.5 Å². The number of esters is 1. The first-order chi connectivity index (χ1) is 9.81. The van der Waals surface area contributed by atoms with Crippen molar-refractivity contribution in [3.05, 3.63) is 17.7 Å². The highest BCUT2D eigenvalue weighted by molar-refractivity contribution is 5.97. The average molecular weight is 296 g/mol. The molecular formula is C14H16O7. The Labute approximate surface area is 120 Å². The molecule has 0 aromatic heterocycles. The van der Waals surface area contributed by atoms with Crippen molar-refractivity contribution in [3.63, 3.8) is 0 Å². The van der Waals surface area contributed by atoms with E-state index >= 15 is 0 Å². The number of carbonyl (C=O) groups is 3. The summed E-state index contributed by atoms with van der Waals surface area (Å²) in [4.78, 5) is 33.6. The number of benzene rings is 1. The molecule has 7 nitrogen and oxygen atoms in total. The van der Waals surface area contributed by atoms with Crippen LogP contribution in [0.4, 0.5) is 0 Å². The minimum atomic E-state index is -0.806. The maximum Gasteiger partial charge on any atom is 0.338 e. The Hall–Kier alpha value is -2.57. The van der Waals surface area contributed by atoms with Gasteiger partial charge in [-0.1, -0.05) is 0 Å². The number of hydrogen-bond donors (Lipinski definition) is 3. The van der Waals surface area contributed by atoms with Gasteiger partial charge in [0.2, 0.25) is 0 Å². The number of phenolic OH excluding ortho intramolecular Hbond substituents is 3. The summed E-state index contributed by atoms with van der Waals surface area (Å²) < 4.78 is 4.85. The Morgan fingerprint density at radius 1 is 1.10 bits per heavy atom. The zero-order valence-electron chi connectivity index (χ0n) is 11.5. The molecule has 0 radical (unpaired) electrons. The lowest BCUT2D eigenvalue weighted by Gasteiger charge is -2.06. The Balaban J connectivity index is 2.44. The zero-order chi connectivity index (χ0) is 16.0. The van der Waals surface area contributed by atoms with Gasteiger partial charge in [-0.3, -0.25) is 9.59 Å². The molecule has 3 N–H and O–H groups in total. The molecule has 0 aliphatic carbocycles. The van der Waals surface area contributed by atoms with E-state index in [-0.39, 0.29) is 43.0 Å². The van der Waals surface area contributed by atoms with E-state index in [2.05, 4.69) is 0 Å². The van der Waals surface area contributed by atoms with Crippen LogP contribution in [0.5, 0.6) is 17.2 Å². The molecular weight excluding hydrogens is 280 g/mol. The van der Waals surface area contributed by atoms with Crippen molar-refractivity contribution in [2.45, 2.75) is 26.2 Å². The summed E-state index contributed by atoms with van der Waals surface area (Å²) in [5, 5.41) is 27.7. The Morgan fingerprint density at radius 2 is 1.67 bits per heavy atom. The van der Waals surface area contributed by atoms with Crippen molar-refractivity contribution in [1.82, 2.24) is 0 Å². The van der Waals surface area contributed by atoms with Crippen molar-refractivity contribution in [3.8, 4) is 17.2 Å². The topological polar surface area (TPSA) is 121 Å². The minimum Gasteiger partial charge on any atom is -0.504 e. The average Bonchev–Trinajstić information content (AvgIpc) is 2.39. The van der Waals surface area contributed by atoms with Gasteiger partial charge in [0, 0.05) is 6.42 Å². The molecule has 1 rings (SSSR count). The summed E-state index contributed by atoms with van der Waals surface area (Å²) >= 11 is 0. The number of ether oxygens (including phenoxy) is 1. The number of rotatable bonds is 7. The second kappa shape index (κ2) is 7.28. The van der Waals surface area contributed by atoms with Crippen molar-refractivity contribution in [2.24, 2.45) is 0 Å². The zero-order valence-corrected chi connectivity index (χ0v) is 11.5. The van der Waals surface area contributed by atoms with Crippen molar-refractivity contribution in [2.75, 3.05) is 6.61 Å². The predicted molar refractivity (Wildman–Crippen MR) is 71.3 cm³/mol. The van der Waals surface area contributed by atoms with Crippen LogP contribution < -0.4 is 0 Å². The van der Waals surface area contributed by atoms with Gasteiger partial charge in [0.1, 0.15) is 11.6 Å². The first-order valence-corrected chi connectivity index (χ1v) is 6.24. The number of hydrogen-bond acceptors (Lipinski definition) is 7. The lowest BCUT2D eigenvalue weighted by Crippen LogP contribution is -2.09. The maximum atomic E-state index is 11.6. The molecule has 7 heteroatoms. The molecule has 114 valence electrons. The molecule has 0 amide bonds. The second-order valence-corrected chi connectivity index (χ2v) is 4.52. The standard InChI is InChI=1S/C14H16O7/c1-8(15)5-10(16)3-2-4-21-14(20)9-6-11(17)13(19)12(18)7-9/h6-7,17-19H,2-5H2,1H3. The number of phenols is 3. The Kier molecular flexibility index (Phi) is 5.71. The van der Waals surface area contributed by atoms with Gasteiger partial charge in [0.25, 0.3) is 0 Å². The molecule has 0 bridgehead atoms. The molecule has 0 spiro atoms. The molecule has 1 aromatic carbocycles. The number of aromatic hydroxyl groups is 3. The van der Waals surface area contributed by atoms with E-state index in [1.807, 2.05) is 0 Å². The Bertz CT molecular complexity index is 539. The van der Waals surface area contributed by atoms with Crippen LogP contribution in [-0.2, 0) is 14.3 Å². The first kappa shape index (κ1) is 16.5. The Morgan fingerprint density at radius 3 is 2.19 bits per heavy atom. The van der Waals surface area contributed by atoms with Crippen molar-refractivity contribution >= 4 is 17.5 Å². The van der Waals surface area contributed by atoms with Gasteiger partial charge in [0.05, 0.1) is 18.6 Å². The molecule has 21 heavy (non-hydrogen) atoms. The van der Waals surface area contributed by atoms with E-state index in [0.29, 0.717) is 0 Å². The van der Waals surface area contributed by atoms with Gasteiger partial charge < -0.3 is 20.1 Å². The highest BCUT2D eigenvalue weighted by Crippen LogP contribution is 2.35.